The lowest BCUT2D eigenvalue weighted by Gasteiger charge is -2.22. The molecule has 2 aliphatic rings. The van der Waals surface area contributed by atoms with E-state index in [-0.39, 0.29) is 5.82 Å². The minimum Gasteiger partial charge on any atom is -0.262 e. The lowest BCUT2D eigenvalue weighted by atomic mass is 10.0. The van der Waals surface area contributed by atoms with Crippen molar-refractivity contribution >= 4 is 11.4 Å². The first-order valence-corrected chi connectivity index (χ1v) is 8.78. The maximum atomic E-state index is 13.7. The largest absolute Gasteiger partial charge is 0.262 e. The smallest absolute Gasteiger partial charge is 0.125 e. The fraction of sp³-hybridized carbons (Fsp3) is 0.0952. The van der Waals surface area contributed by atoms with Gasteiger partial charge in [0, 0.05) is 18.0 Å². The highest BCUT2D eigenvalue weighted by Gasteiger charge is 2.26. The summed E-state index contributed by atoms with van der Waals surface area (Å²) in [6.07, 6.45) is 11.4. The molecule has 1 aliphatic heterocycles. The molecule has 3 aromatic rings. The molecule has 3 heterocycles. The van der Waals surface area contributed by atoms with Crippen molar-refractivity contribution in [2.45, 2.75) is 12.8 Å². The van der Waals surface area contributed by atoms with E-state index in [1.165, 1.54) is 17.7 Å². The molecule has 5 rings (SSSR count). The third kappa shape index (κ3) is 2.95. The molecular formula is C21H16FN5. The molecule has 0 amide bonds. The zero-order chi connectivity index (χ0) is 18.2. The van der Waals surface area contributed by atoms with Crippen molar-refractivity contribution in [2.24, 2.45) is 5.10 Å². The van der Waals surface area contributed by atoms with Gasteiger partial charge in [-0.05, 0) is 55.3 Å². The van der Waals surface area contributed by atoms with Crippen LogP contribution in [0.25, 0.3) is 5.69 Å². The Bertz CT molecular complexity index is 1090. The van der Waals surface area contributed by atoms with Crippen LogP contribution in [0.15, 0.2) is 89.6 Å². The van der Waals surface area contributed by atoms with Gasteiger partial charge in [0.1, 0.15) is 11.5 Å². The fourth-order valence-electron chi connectivity index (χ4n) is 3.15. The van der Waals surface area contributed by atoms with E-state index in [0.717, 1.165) is 35.5 Å². The quantitative estimate of drug-likeness (QED) is 0.704. The normalized spacial score (nSPS) is 15.9. The molecule has 1 saturated carbocycles. The van der Waals surface area contributed by atoms with Gasteiger partial charge in [-0.15, -0.1) is 0 Å². The Balaban J connectivity index is 1.63. The highest BCUT2D eigenvalue weighted by atomic mass is 19.1. The Hall–Kier alpha value is -3.54. The van der Waals surface area contributed by atoms with Gasteiger partial charge in [-0.25, -0.2) is 14.1 Å². The molecule has 1 aliphatic carbocycles. The number of allylic oxidation sites excluding steroid dienone is 3. The summed E-state index contributed by atoms with van der Waals surface area (Å²) < 4.78 is 15.5. The van der Waals surface area contributed by atoms with E-state index >= 15 is 0 Å². The molecular weight excluding hydrogens is 341 g/mol. The van der Waals surface area contributed by atoms with Crippen molar-refractivity contribution in [3.8, 4) is 5.69 Å². The number of rotatable bonds is 3. The number of aromatic nitrogens is 3. The summed E-state index contributed by atoms with van der Waals surface area (Å²) >= 11 is 0. The van der Waals surface area contributed by atoms with Crippen LogP contribution in [0, 0.1) is 5.82 Å². The highest BCUT2D eigenvalue weighted by molar-refractivity contribution is 6.15. The average Bonchev–Trinajstić information content (AvgIpc) is 3.44. The van der Waals surface area contributed by atoms with Crippen molar-refractivity contribution in [2.75, 3.05) is 5.01 Å². The molecule has 0 saturated heterocycles. The zero-order valence-corrected chi connectivity index (χ0v) is 14.5. The van der Waals surface area contributed by atoms with Crippen LogP contribution in [0.4, 0.5) is 10.1 Å². The number of benzene rings is 1. The van der Waals surface area contributed by atoms with Crippen LogP contribution in [0.1, 0.15) is 18.5 Å². The summed E-state index contributed by atoms with van der Waals surface area (Å²) in [4.78, 5) is 4.17. The Labute approximate surface area is 155 Å². The Kier molecular flexibility index (Phi) is 3.67. The number of nitrogens with zero attached hydrogens (tertiary/aromatic N) is 5. The van der Waals surface area contributed by atoms with Crippen molar-refractivity contribution < 1.29 is 4.39 Å². The van der Waals surface area contributed by atoms with Gasteiger partial charge in [0.15, 0.2) is 0 Å². The maximum absolute atomic E-state index is 13.7. The van der Waals surface area contributed by atoms with E-state index < -0.39 is 0 Å². The zero-order valence-electron chi connectivity index (χ0n) is 14.5. The van der Waals surface area contributed by atoms with E-state index in [0.29, 0.717) is 5.69 Å². The number of pyridine rings is 1. The topological polar surface area (TPSA) is 46.3 Å². The van der Waals surface area contributed by atoms with Crippen molar-refractivity contribution in [1.29, 1.82) is 0 Å². The first kappa shape index (κ1) is 15.7. The second kappa shape index (κ2) is 6.32. The van der Waals surface area contributed by atoms with Gasteiger partial charge in [0.05, 0.1) is 29.5 Å². The van der Waals surface area contributed by atoms with Gasteiger partial charge in [0.25, 0.3) is 0 Å². The van der Waals surface area contributed by atoms with Crippen LogP contribution in [0.5, 0.6) is 0 Å². The van der Waals surface area contributed by atoms with Gasteiger partial charge < -0.3 is 0 Å². The van der Waals surface area contributed by atoms with Gasteiger partial charge in [-0.3, -0.25) is 4.98 Å². The van der Waals surface area contributed by atoms with Crippen molar-refractivity contribution in [3.63, 3.8) is 0 Å². The predicted molar refractivity (Wildman–Crippen MR) is 102 cm³/mol. The number of anilines is 1. The SMILES string of the molecule is Fc1cccc(-n2nccc2C2=NN(c3cccnc3)C=CC2=C2CC2)c1. The Morgan fingerprint density at radius 3 is 2.63 bits per heavy atom. The highest BCUT2D eigenvalue weighted by Crippen LogP contribution is 2.36. The van der Waals surface area contributed by atoms with Crippen LogP contribution in [0.3, 0.4) is 0 Å². The summed E-state index contributed by atoms with van der Waals surface area (Å²) in [5, 5.41) is 11.1. The molecule has 0 radical (unpaired) electrons. The minimum atomic E-state index is -0.294. The molecule has 0 unspecified atom stereocenters. The summed E-state index contributed by atoms with van der Waals surface area (Å²) in [5.41, 5.74) is 5.70. The van der Waals surface area contributed by atoms with Crippen molar-refractivity contribution in [3.05, 3.63) is 96.0 Å². The number of hydrogen-bond donors (Lipinski definition) is 0. The summed E-state index contributed by atoms with van der Waals surface area (Å²) in [6, 6.07) is 12.2. The molecule has 5 nitrogen and oxygen atoms in total. The van der Waals surface area contributed by atoms with Crippen LogP contribution in [-0.4, -0.2) is 20.5 Å². The van der Waals surface area contributed by atoms with Crippen LogP contribution in [-0.2, 0) is 0 Å². The average molecular weight is 357 g/mol. The van der Waals surface area contributed by atoms with E-state index in [9.17, 15) is 4.39 Å². The monoisotopic (exact) mass is 357 g/mol. The van der Waals surface area contributed by atoms with Gasteiger partial charge in [-0.1, -0.05) is 11.6 Å². The maximum Gasteiger partial charge on any atom is 0.125 e. The number of hydrazone groups is 1. The van der Waals surface area contributed by atoms with Gasteiger partial charge >= 0.3 is 0 Å². The van der Waals surface area contributed by atoms with E-state index in [1.807, 2.05) is 30.5 Å². The molecule has 0 N–H and O–H groups in total. The molecule has 27 heavy (non-hydrogen) atoms. The molecule has 0 atom stereocenters. The van der Waals surface area contributed by atoms with Gasteiger partial charge in [0.2, 0.25) is 0 Å². The minimum absolute atomic E-state index is 0.294. The number of halogens is 1. The van der Waals surface area contributed by atoms with Crippen molar-refractivity contribution in [1.82, 2.24) is 14.8 Å². The van der Waals surface area contributed by atoms with Crippen LogP contribution in [0.2, 0.25) is 0 Å². The molecule has 0 bridgehead atoms. The second-order valence-corrected chi connectivity index (χ2v) is 6.45. The fourth-order valence-corrected chi connectivity index (χ4v) is 3.15. The van der Waals surface area contributed by atoms with Crippen LogP contribution >= 0.6 is 0 Å². The molecule has 1 fully saturated rings. The lowest BCUT2D eigenvalue weighted by Crippen LogP contribution is -2.21. The van der Waals surface area contributed by atoms with E-state index in [1.54, 1.807) is 34.3 Å². The second-order valence-electron chi connectivity index (χ2n) is 6.45. The summed E-state index contributed by atoms with van der Waals surface area (Å²) in [7, 11) is 0. The standard InChI is InChI=1S/C21H16FN5/c22-16-3-1-4-17(13-16)27-20(8-11-24-27)21-19(15-6-7-15)9-12-26(25-21)18-5-2-10-23-14-18/h1-5,8-14H,6-7H2. The van der Waals surface area contributed by atoms with Crippen LogP contribution < -0.4 is 5.01 Å². The number of hydrogen-bond acceptors (Lipinski definition) is 4. The van der Waals surface area contributed by atoms with E-state index in [4.69, 9.17) is 5.10 Å². The molecule has 0 spiro atoms. The van der Waals surface area contributed by atoms with E-state index in [2.05, 4.69) is 16.2 Å². The molecule has 1 aromatic carbocycles. The lowest BCUT2D eigenvalue weighted by molar-refractivity contribution is 0.625. The summed E-state index contributed by atoms with van der Waals surface area (Å²) in [5.74, 6) is -0.294. The predicted octanol–water partition coefficient (Wildman–Crippen LogP) is 4.23. The Morgan fingerprint density at radius 1 is 0.963 bits per heavy atom. The first-order valence-electron chi connectivity index (χ1n) is 8.78. The molecule has 2 aromatic heterocycles. The Morgan fingerprint density at radius 2 is 1.85 bits per heavy atom. The third-order valence-electron chi connectivity index (χ3n) is 4.57. The molecule has 6 heteroatoms. The summed E-state index contributed by atoms with van der Waals surface area (Å²) in [6.45, 7) is 0. The first-order chi connectivity index (χ1) is 13.3. The third-order valence-corrected chi connectivity index (χ3v) is 4.57. The molecule has 132 valence electrons. The van der Waals surface area contributed by atoms with Gasteiger partial charge in [-0.2, -0.15) is 10.2 Å².